The van der Waals surface area contributed by atoms with Gasteiger partial charge < -0.3 is 0 Å². The van der Waals surface area contributed by atoms with E-state index in [1.165, 1.54) is 6.07 Å². The highest BCUT2D eigenvalue weighted by Gasteiger charge is 2.20. The van der Waals surface area contributed by atoms with E-state index in [0.717, 1.165) is 54.4 Å². The molecule has 0 spiro atoms. The highest BCUT2D eigenvalue weighted by Crippen LogP contribution is 2.22. The summed E-state index contributed by atoms with van der Waals surface area (Å²) in [5.41, 5.74) is 1.92. The average molecular weight is 365 g/mol. The number of rotatable bonds is 4. The number of hydrogen-bond donors (Lipinski definition) is 0. The Kier molecular flexibility index (Phi) is 5.03. The summed E-state index contributed by atoms with van der Waals surface area (Å²) in [5.74, 6) is 0.396. The number of halogens is 1. The molecule has 5 heteroatoms. The minimum atomic E-state index is -0.165. The van der Waals surface area contributed by atoms with Gasteiger partial charge in [0.15, 0.2) is 0 Å². The van der Waals surface area contributed by atoms with Crippen molar-refractivity contribution in [1.82, 2.24) is 14.7 Å². The molecule has 1 aliphatic heterocycles. The van der Waals surface area contributed by atoms with Crippen molar-refractivity contribution >= 4 is 10.8 Å². The van der Waals surface area contributed by atoms with Gasteiger partial charge >= 0.3 is 0 Å². The second-order valence-corrected chi connectivity index (χ2v) is 7.47. The van der Waals surface area contributed by atoms with Crippen molar-refractivity contribution in [3.63, 3.8) is 0 Å². The van der Waals surface area contributed by atoms with Gasteiger partial charge in [0.05, 0.1) is 17.7 Å². The van der Waals surface area contributed by atoms with Crippen LogP contribution in [0.5, 0.6) is 0 Å². The SMILES string of the molecule is Cc1nn(CN2CCC(Cc3cccc(F)c3)CC2)c(=O)c2ccccc12. The van der Waals surface area contributed by atoms with Crippen molar-refractivity contribution in [2.45, 2.75) is 32.9 Å². The zero-order chi connectivity index (χ0) is 18.8. The third-order valence-corrected chi connectivity index (χ3v) is 5.51. The molecule has 0 bridgehead atoms. The van der Waals surface area contributed by atoms with Gasteiger partial charge in [0.25, 0.3) is 5.56 Å². The summed E-state index contributed by atoms with van der Waals surface area (Å²) < 4.78 is 14.9. The zero-order valence-corrected chi connectivity index (χ0v) is 15.6. The normalized spacial score (nSPS) is 16.1. The molecule has 27 heavy (non-hydrogen) atoms. The van der Waals surface area contributed by atoms with Gasteiger partial charge in [-0.3, -0.25) is 9.69 Å². The van der Waals surface area contributed by atoms with E-state index in [9.17, 15) is 9.18 Å². The van der Waals surface area contributed by atoms with E-state index < -0.39 is 0 Å². The molecule has 0 atom stereocenters. The molecular weight excluding hydrogens is 341 g/mol. The maximum absolute atomic E-state index is 13.4. The minimum absolute atomic E-state index is 0.0296. The molecule has 0 saturated carbocycles. The van der Waals surface area contributed by atoms with E-state index in [-0.39, 0.29) is 11.4 Å². The fourth-order valence-electron chi connectivity index (χ4n) is 4.02. The number of hydrogen-bond acceptors (Lipinski definition) is 3. The van der Waals surface area contributed by atoms with Crippen LogP contribution in [0.15, 0.2) is 53.3 Å². The Labute approximate surface area is 158 Å². The summed E-state index contributed by atoms with van der Waals surface area (Å²) in [7, 11) is 0. The summed E-state index contributed by atoms with van der Waals surface area (Å²) in [6, 6.07) is 14.5. The van der Waals surface area contributed by atoms with E-state index in [0.29, 0.717) is 12.6 Å². The summed E-state index contributed by atoms with van der Waals surface area (Å²) >= 11 is 0. The average Bonchev–Trinajstić information content (AvgIpc) is 2.67. The second-order valence-electron chi connectivity index (χ2n) is 7.47. The van der Waals surface area contributed by atoms with E-state index in [1.807, 2.05) is 37.3 Å². The van der Waals surface area contributed by atoms with Crippen LogP contribution >= 0.6 is 0 Å². The van der Waals surface area contributed by atoms with E-state index in [2.05, 4.69) is 10.00 Å². The van der Waals surface area contributed by atoms with E-state index in [4.69, 9.17) is 0 Å². The summed E-state index contributed by atoms with van der Waals surface area (Å²) in [4.78, 5) is 15.0. The molecule has 0 radical (unpaired) electrons. The molecule has 0 N–H and O–H groups in total. The number of benzene rings is 2. The Hall–Kier alpha value is -2.53. The molecule has 0 amide bonds. The molecule has 1 aliphatic rings. The van der Waals surface area contributed by atoms with Gasteiger partial charge in [0, 0.05) is 18.5 Å². The first-order chi connectivity index (χ1) is 13.1. The molecule has 1 aromatic heterocycles. The van der Waals surface area contributed by atoms with Gasteiger partial charge in [-0.1, -0.05) is 30.3 Å². The summed E-state index contributed by atoms with van der Waals surface area (Å²) in [5, 5.41) is 6.16. The molecular formula is C22H24FN3O. The highest BCUT2D eigenvalue weighted by atomic mass is 19.1. The van der Waals surface area contributed by atoms with E-state index >= 15 is 0 Å². The first-order valence-corrected chi connectivity index (χ1v) is 9.53. The number of fused-ring (bicyclic) bond motifs is 1. The topological polar surface area (TPSA) is 38.1 Å². The summed E-state index contributed by atoms with van der Waals surface area (Å²) in [6.07, 6.45) is 3.02. The second kappa shape index (κ2) is 7.61. The molecule has 4 rings (SSSR count). The molecule has 0 aliphatic carbocycles. The fourth-order valence-corrected chi connectivity index (χ4v) is 4.02. The van der Waals surface area contributed by atoms with Crippen molar-refractivity contribution in [2.75, 3.05) is 13.1 Å². The molecule has 2 aromatic carbocycles. The summed E-state index contributed by atoms with van der Waals surface area (Å²) in [6.45, 7) is 4.33. The Morgan fingerprint density at radius 1 is 1.07 bits per heavy atom. The number of likely N-dealkylation sites (tertiary alicyclic amines) is 1. The number of aromatic nitrogens is 2. The van der Waals surface area contributed by atoms with Gasteiger partial charge in [-0.25, -0.2) is 9.07 Å². The fraction of sp³-hybridized carbons (Fsp3) is 0.364. The molecule has 3 aromatic rings. The number of nitrogens with zero attached hydrogens (tertiary/aromatic N) is 3. The third kappa shape index (κ3) is 3.93. The van der Waals surface area contributed by atoms with Gasteiger partial charge in [-0.15, -0.1) is 0 Å². The van der Waals surface area contributed by atoms with Crippen LogP contribution in [0.3, 0.4) is 0 Å². The van der Waals surface area contributed by atoms with Gasteiger partial charge in [0.1, 0.15) is 5.82 Å². The zero-order valence-electron chi connectivity index (χ0n) is 15.6. The lowest BCUT2D eigenvalue weighted by Crippen LogP contribution is -2.39. The maximum Gasteiger partial charge on any atom is 0.275 e. The van der Waals surface area contributed by atoms with Gasteiger partial charge in [0.2, 0.25) is 0 Å². The van der Waals surface area contributed by atoms with Crippen LogP contribution < -0.4 is 5.56 Å². The highest BCUT2D eigenvalue weighted by molar-refractivity contribution is 5.83. The Bertz CT molecular complexity index is 1010. The first kappa shape index (κ1) is 17.9. The van der Waals surface area contributed by atoms with Crippen molar-refractivity contribution in [2.24, 2.45) is 5.92 Å². The van der Waals surface area contributed by atoms with Crippen LogP contribution in [0.1, 0.15) is 24.1 Å². The lowest BCUT2D eigenvalue weighted by Gasteiger charge is -2.32. The molecule has 2 heterocycles. The van der Waals surface area contributed by atoms with Crippen LogP contribution in [0, 0.1) is 18.7 Å². The quantitative estimate of drug-likeness (QED) is 0.707. The Morgan fingerprint density at radius 3 is 2.56 bits per heavy atom. The van der Waals surface area contributed by atoms with Gasteiger partial charge in [-0.05, 0) is 55.9 Å². The molecule has 1 saturated heterocycles. The minimum Gasteiger partial charge on any atom is -0.284 e. The number of piperidine rings is 1. The number of aryl methyl sites for hydroxylation is 1. The molecule has 0 unspecified atom stereocenters. The van der Waals surface area contributed by atoms with Crippen molar-refractivity contribution in [3.05, 3.63) is 76.0 Å². The third-order valence-electron chi connectivity index (χ3n) is 5.51. The molecule has 140 valence electrons. The van der Waals surface area contributed by atoms with Crippen molar-refractivity contribution in [3.8, 4) is 0 Å². The van der Waals surface area contributed by atoms with Crippen molar-refractivity contribution in [1.29, 1.82) is 0 Å². The van der Waals surface area contributed by atoms with Gasteiger partial charge in [-0.2, -0.15) is 5.10 Å². The molecule has 4 nitrogen and oxygen atoms in total. The largest absolute Gasteiger partial charge is 0.284 e. The van der Waals surface area contributed by atoms with Crippen LogP contribution in [-0.2, 0) is 13.1 Å². The predicted molar refractivity (Wildman–Crippen MR) is 105 cm³/mol. The van der Waals surface area contributed by atoms with Crippen LogP contribution in [0.4, 0.5) is 4.39 Å². The Balaban J connectivity index is 1.42. The van der Waals surface area contributed by atoms with Crippen LogP contribution in [0.25, 0.3) is 10.8 Å². The van der Waals surface area contributed by atoms with Crippen LogP contribution in [0.2, 0.25) is 0 Å². The first-order valence-electron chi connectivity index (χ1n) is 9.53. The Morgan fingerprint density at radius 2 is 1.81 bits per heavy atom. The lowest BCUT2D eigenvalue weighted by atomic mass is 9.90. The maximum atomic E-state index is 13.4. The van der Waals surface area contributed by atoms with Crippen molar-refractivity contribution < 1.29 is 4.39 Å². The smallest absolute Gasteiger partial charge is 0.275 e. The monoisotopic (exact) mass is 365 g/mol. The van der Waals surface area contributed by atoms with E-state index in [1.54, 1.807) is 16.8 Å². The van der Waals surface area contributed by atoms with Crippen LogP contribution in [-0.4, -0.2) is 27.8 Å². The standard InChI is InChI=1S/C22H24FN3O/c1-16-20-7-2-3-8-21(20)22(27)26(24-16)15-25-11-9-17(10-12-25)13-18-5-4-6-19(23)14-18/h2-8,14,17H,9-13,15H2,1H3. The molecule has 1 fully saturated rings. The predicted octanol–water partition coefficient (Wildman–Crippen LogP) is 3.76. The lowest BCUT2D eigenvalue weighted by molar-refractivity contribution is 0.138.